The second-order valence-electron chi connectivity index (χ2n) is 2.64. The Kier molecular flexibility index (Phi) is 6.96. The van der Waals surface area contributed by atoms with Crippen LogP contribution in [0.4, 0.5) is 0 Å². The van der Waals surface area contributed by atoms with Gasteiger partial charge in [0.25, 0.3) is 0 Å². The normalized spacial score (nSPS) is 13.9. The van der Waals surface area contributed by atoms with E-state index in [4.69, 9.17) is 4.52 Å². The van der Waals surface area contributed by atoms with Gasteiger partial charge in [0, 0.05) is 6.08 Å². The van der Waals surface area contributed by atoms with Gasteiger partial charge in [0.05, 0.1) is 12.8 Å². The zero-order valence-corrected chi connectivity index (χ0v) is 9.32. The molecule has 0 amide bonds. The molecule has 0 saturated carbocycles. The van der Waals surface area contributed by atoms with Crippen molar-refractivity contribution in [2.24, 2.45) is 0 Å². The van der Waals surface area contributed by atoms with Gasteiger partial charge in [0.2, 0.25) is 0 Å². The zero-order chi connectivity index (χ0) is 11.7. The van der Waals surface area contributed by atoms with Crippen LogP contribution in [0, 0.1) is 0 Å². The molecule has 0 spiro atoms. The highest BCUT2D eigenvalue weighted by Crippen LogP contribution is 2.41. The Morgan fingerprint density at radius 2 is 2.07 bits per heavy atom. The van der Waals surface area contributed by atoms with E-state index in [-0.39, 0.29) is 19.4 Å². The van der Waals surface area contributed by atoms with Gasteiger partial charge < -0.3 is 14.2 Å². The quantitative estimate of drug-likeness (QED) is 0.226. The van der Waals surface area contributed by atoms with Crippen LogP contribution in [0.5, 0.6) is 0 Å². The number of hydrogen-bond donors (Lipinski definition) is 1. The van der Waals surface area contributed by atoms with Gasteiger partial charge >= 0.3 is 13.6 Å². The fraction of sp³-hybridized carbons (Fsp3) is 0.444. The third-order valence-electron chi connectivity index (χ3n) is 1.40. The molecule has 5 nitrogen and oxygen atoms in total. The number of rotatable bonds is 8. The number of hydrogen-bond acceptors (Lipinski definition) is 4. The van der Waals surface area contributed by atoms with Crippen molar-refractivity contribution >= 4 is 13.6 Å². The first-order valence-electron chi connectivity index (χ1n) is 4.38. The molecule has 0 aromatic carbocycles. The monoisotopic (exact) mass is 234 g/mol. The maximum atomic E-state index is 11.2. The van der Waals surface area contributed by atoms with Crippen molar-refractivity contribution < 1.29 is 23.5 Å². The molecule has 0 bridgehead atoms. The average Bonchev–Trinajstić information content (AvgIpc) is 2.17. The summed E-state index contributed by atoms with van der Waals surface area (Å²) >= 11 is 0. The molecule has 0 rings (SSSR count). The molecule has 0 heterocycles. The van der Waals surface area contributed by atoms with Gasteiger partial charge in [0.15, 0.2) is 0 Å². The Labute approximate surface area is 88.9 Å². The van der Waals surface area contributed by atoms with Crippen molar-refractivity contribution in [2.75, 3.05) is 19.4 Å². The molecule has 0 aliphatic rings. The SMILES string of the molecule is C=CCCOP(=O)(O)CCOC(=O)C=C. The minimum atomic E-state index is -3.65. The van der Waals surface area contributed by atoms with Crippen molar-refractivity contribution in [3.05, 3.63) is 25.3 Å². The Morgan fingerprint density at radius 3 is 2.60 bits per heavy atom. The van der Waals surface area contributed by atoms with Gasteiger partial charge in [-0.15, -0.1) is 6.58 Å². The Balaban J connectivity index is 3.73. The average molecular weight is 234 g/mol. The minimum absolute atomic E-state index is 0.132. The van der Waals surface area contributed by atoms with Gasteiger partial charge in [-0.25, -0.2) is 4.79 Å². The second-order valence-corrected chi connectivity index (χ2v) is 4.62. The molecule has 0 aromatic heterocycles. The molecular weight excluding hydrogens is 219 g/mol. The Hall–Kier alpha value is -0.900. The molecule has 0 aromatic rings. The van der Waals surface area contributed by atoms with Gasteiger partial charge in [-0.3, -0.25) is 4.57 Å². The van der Waals surface area contributed by atoms with Crippen LogP contribution >= 0.6 is 7.60 Å². The molecule has 1 unspecified atom stereocenters. The first kappa shape index (κ1) is 14.1. The van der Waals surface area contributed by atoms with Crippen molar-refractivity contribution in [3.63, 3.8) is 0 Å². The highest BCUT2D eigenvalue weighted by molar-refractivity contribution is 7.52. The molecule has 86 valence electrons. The van der Waals surface area contributed by atoms with Crippen molar-refractivity contribution in [3.8, 4) is 0 Å². The summed E-state index contributed by atoms with van der Waals surface area (Å²) in [5, 5.41) is 0. The molecule has 1 atom stereocenters. The van der Waals surface area contributed by atoms with E-state index in [0.29, 0.717) is 6.42 Å². The summed E-state index contributed by atoms with van der Waals surface area (Å²) in [6.07, 6.45) is 2.85. The lowest BCUT2D eigenvalue weighted by Gasteiger charge is -2.10. The molecule has 0 saturated heterocycles. The van der Waals surface area contributed by atoms with Gasteiger partial charge in [-0.1, -0.05) is 12.7 Å². The molecule has 0 radical (unpaired) electrons. The van der Waals surface area contributed by atoms with E-state index in [0.717, 1.165) is 6.08 Å². The topological polar surface area (TPSA) is 72.8 Å². The van der Waals surface area contributed by atoms with Crippen LogP contribution in [0.1, 0.15) is 6.42 Å². The fourth-order valence-electron chi connectivity index (χ4n) is 0.664. The summed E-state index contributed by atoms with van der Waals surface area (Å²) < 4.78 is 20.5. The summed E-state index contributed by atoms with van der Waals surface area (Å²) in [5.41, 5.74) is 0. The predicted octanol–water partition coefficient (Wildman–Crippen LogP) is 1.49. The van der Waals surface area contributed by atoms with Crippen LogP contribution in [0.25, 0.3) is 0 Å². The molecule has 1 N–H and O–H groups in total. The highest BCUT2D eigenvalue weighted by atomic mass is 31.2. The van der Waals surface area contributed by atoms with E-state index in [2.05, 4.69) is 17.9 Å². The lowest BCUT2D eigenvalue weighted by molar-refractivity contribution is -0.137. The number of carbonyl (C=O) groups is 1. The third kappa shape index (κ3) is 8.12. The third-order valence-corrected chi connectivity index (χ3v) is 2.73. The standard InChI is InChI=1S/C9H15O5P/c1-3-5-6-14-15(11,12)8-7-13-9(10)4-2/h3-4H,1-2,5-8H2,(H,11,12). The maximum absolute atomic E-state index is 11.2. The van der Waals surface area contributed by atoms with E-state index in [1.54, 1.807) is 6.08 Å². The summed E-state index contributed by atoms with van der Waals surface area (Å²) in [6, 6.07) is 0. The smallest absolute Gasteiger partial charge is 0.331 e. The lowest BCUT2D eigenvalue weighted by Crippen LogP contribution is -2.07. The van der Waals surface area contributed by atoms with Crippen LogP contribution in [0.2, 0.25) is 0 Å². The van der Waals surface area contributed by atoms with E-state index >= 15 is 0 Å². The lowest BCUT2D eigenvalue weighted by atomic mass is 10.5. The molecule has 0 aliphatic carbocycles. The molecule has 0 aliphatic heterocycles. The van der Waals surface area contributed by atoms with Crippen LogP contribution in [0.15, 0.2) is 25.3 Å². The number of esters is 1. The molecule has 15 heavy (non-hydrogen) atoms. The first-order chi connectivity index (χ1) is 7.02. The van der Waals surface area contributed by atoms with E-state index in [9.17, 15) is 14.3 Å². The minimum Gasteiger partial charge on any atom is -0.462 e. The highest BCUT2D eigenvalue weighted by Gasteiger charge is 2.19. The summed E-state index contributed by atoms with van der Waals surface area (Å²) in [5.74, 6) is -0.624. The van der Waals surface area contributed by atoms with E-state index < -0.39 is 13.6 Å². The first-order valence-corrected chi connectivity index (χ1v) is 6.14. The summed E-state index contributed by atoms with van der Waals surface area (Å²) in [7, 11) is -3.65. The van der Waals surface area contributed by atoms with E-state index in [1.807, 2.05) is 0 Å². The van der Waals surface area contributed by atoms with Gasteiger partial charge in [0.1, 0.15) is 6.61 Å². The van der Waals surface area contributed by atoms with Crippen LogP contribution in [-0.4, -0.2) is 30.2 Å². The number of carbonyl (C=O) groups excluding carboxylic acids is 1. The molecular formula is C9H15O5P. The van der Waals surface area contributed by atoms with Crippen molar-refractivity contribution in [1.29, 1.82) is 0 Å². The van der Waals surface area contributed by atoms with Crippen LogP contribution in [0.3, 0.4) is 0 Å². The molecule has 0 fully saturated rings. The van der Waals surface area contributed by atoms with Crippen LogP contribution in [-0.2, 0) is 18.6 Å². The van der Waals surface area contributed by atoms with Crippen molar-refractivity contribution in [1.82, 2.24) is 0 Å². The van der Waals surface area contributed by atoms with Gasteiger partial charge in [-0.2, -0.15) is 0 Å². The van der Waals surface area contributed by atoms with Crippen LogP contribution < -0.4 is 0 Å². The van der Waals surface area contributed by atoms with Crippen molar-refractivity contribution in [2.45, 2.75) is 6.42 Å². The summed E-state index contributed by atoms with van der Waals surface area (Å²) in [4.78, 5) is 19.8. The predicted molar refractivity (Wildman–Crippen MR) is 56.6 cm³/mol. The van der Waals surface area contributed by atoms with Gasteiger partial charge in [-0.05, 0) is 6.42 Å². The summed E-state index contributed by atoms with van der Waals surface area (Å²) in [6.45, 7) is 6.60. The number of ether oxygens (including phenoxy) is 1. The largest absolute Gasteiger partial charge is 0.462 e. The maximum Gasteiger partial charge on any atom is 0.331 e. The fourth-order valence-corrected chi connectivity index (χ4v) is 1.51. The van der Waals surface area contributed by atoms with E-state index in [1.165, 1.54) is 0 Å². The second kappa shape index (κ2) is 7.40. The Morgan fingerprint density at radius 1 is 1.40 bits per heavy atom. The zero-order valence-electron chi connectivity index (χ0n) is 8.42. The Bertz CT molecular complexity index is 274. The molecule has 6 heteroatoms.